The van der Waals surface area contributed by atoms with Gasteiger partial charge in [-0.3, -0.25) is 0 Å². The maximum Gasteiger partial charge on any atom is 0.216 e. The standard InChI is InChI=1S/C24H32N4O/c1-17-7-6-9-21-22(17)27-23(26-21)20-10-13-25-24(18(20)2)29-16-5-4-8-19-11-14-28(3)15-12-19/h6-7,9-10,13,19H,4-5,8,11-12,14-16H2,1-3H3,(H,26,27). The van der Waals surface area contributed by atoms with Gasteiger partial charge in [0.05, 0.1) is 17.6 Å². The maximum atomic E-state index is 6.04. The summed E-state index contributed by atoms with van der Waals surface area (Å²) in [4.78, 5) is 15.1. The van der Waals surface area contributed by atoms with Crippen LogP contribution >= 0.6 is 0 Å². The number of H-pyrrole nitrogens is 1. The van der Waals surface area contributed by atoms with Crippen molar-refractivity contribution in [2.24, 2.45) is 5.92 Å². The van der Waals surface area contributed by atoms with Crippen LogP contribution in [-0.4, -0.2) is 46.6 Å². The summed E-state index contributed by atoms with van der Waals surface area (Å²) in [6.07, 6.45) is 8.14. The van der Waals surface area contributed by atoms with Crippen molar-refractivity contribution < 1.29 is 4.74 Å². The van der Waals surface area contributed by atoms with Crippen molar-refractivity contribution in [3.63, 3.8) is 0 Å². The van der Waals surface area contributed by atoms with Gasteiger partial charge in [-0.1, -0.05) is 18.6 Å². The van der Waals surface area contributed by atoms with Crippen molar-refractivity contribution in [1.29, 1.82) is 0 Å². The van der Waals surface area contributed by atoms with Gasteiger partial charge in [0.2, 0.25) is 5.88 Å². The molecular weight excluding hydrogens is 360 g/mol. The van der Waals surface area contributed by atoms with E-state index in [1.807, 2.05) is 12.3 Å². The Kier molecular flexibility index (Phi) is 6.14. The molecule has 0 saturated carbocycles. The van der Waals surface area contributed by atoms with Crippen LogP contribution in [0.3, 0.4) is 0 Å². The number of hydrogen-bond acceptors (Lipinski definition) is 4. The number of aryl methyl sites for hydroxylation is 1. The third-order valence-electron chi connectivity index (χ3n) is 6.21. The second kappa shape index (κ2) is 8.95. The van der Waals surface area contributed by atoms with E-state index >= 15 is 0 Å². The van der Waals surface area contributed by atoms with Gasteiger partial charge in [0.1, 0.15) is 5.82 Å². The van der Waals surface area contributed by atoms with E-state index in [4.69, 9.17) is 9.72 Å². The van der Waals surface area contributed by atoms with E-state index in [1.54, 1.807) is 0 Å². The van der Waals surface area contributed by atoms with Gasteiger partial charge >= 0.3 is 0 Å². The van der Waals surface area contributed by atoms with Crippen molar-refractivity contribution >= 4 is 11.0 Å². The molecule has 4 rings (SSSR count). The molecule has 1 aromatic carbocycles. The molecule has 0 unspecified atom stereocenters. The molecule has 154 valence electrons. The third kappa shape index (κ3) is 4.61. The number of imidazole rings is 1. The van der Waals surface area contributed by atoms with E-state index in [9.17, 15) is 0 Å². The summed E-state index contributed by atoms with van der Waals surface area (Å²) in [6, 6.07) is 8.22. The molecular formula is C24H32N4O. The number of aromatic nitrogens is 3. The van der Waals surface area contributed by atoms with Gasteiger partial charge in [0.15, 0.2) is 0 Å². The highest BCUT2D eigenvalue weighted by Gasteiger charge is 2.16. The van der Waals surface area contributed by atoms with Crippen LogP contribution in [0.2, 0.25) is 0 Å². The van der Waals surface area contributed by atoms with Crippen molar-refractivity contribution in [2.45, 2.75) is 46.0 Å². The molecule has 0 bridgehead atoms. The summed E-state index contributed by atoms with van der Waals surface area (Å²) in [7, 11) is 2.22. The Hall–Kier alpha value is -2.40. The minimum absolute atomic E-state index is 0.721. The average Bonchev–Trinajstić information content (AvgIpc) is 3.16. The van der Waals surface area contributed by atoms with Crippen molar-refractivity contribution in [2.75, 3.05) is 26.7 Å². The lowest BCUT2D eigenvalue weighted by atomic mass is 9.92. The minimum Gasteiger partial charge on any atom is -0.477 e. The number of ether oxygens (including phenoxy) is 1. The topological polar surface area (TPSA) is 54.0 Å². The molecule has 0 radical (unpaired) electrons. The first-order valence-corrected chi connectivity index (χ1v) is 10.8. The fourth-order valence-corrected chi connectivity index (χ4v) is 4.28. The summed E-state index contributed by atoms with van der Waals surface area (Å²) in [6.45, 7) is 7.38. The lowest BCUT2D eigenvalue weighted by Gasteiger charge is -2.28. The number of nitrogens with zero attached hydrogens (tertiary/aromatic N) is 3. The van der Waals surface area contributed by atoms with E-state index in [0.29, 0.717) is 0 Å². The molecule has 3 heterocycles. The second-order valence-electron chi connectivity index (χ2n) is 8.44. The molecule has 1 fully saturated rings. The maximum absolute atomic E-state index is 6.04. The number of piperidine rings is 1. The third-order valence-corrected chi connectivity index (χ3v) is 6.21. The van der Waals surface area contributed by atoms with Gasteiger partial charge in [-0.2, -0.15) is 0 Å². The first-order chi connectivity index (χ1) is 14.1. The fourth-order valence-electron chi connectivity index (χ4n) is 4.28. The van der Waals surface area contributed by atoms with Crippen LogP contribution < -0.4 is 4.74 Å². The molecule has 0 aliphatic carbocycles. The van der Waals surface area contributed by atoms with Crippen LogP contribution in [-0.2, 0) is 0 Å². The molecule has 5 nitrogen and oxygen atoms in total. The zero-order valence-corrected chi connectivity index (χ0v) is 17.9. The van der Waals surface area contributed by atoms with Crippen LogP contribution in [0.25, 0.3) is 22.4 Å². The Balaban J connectivity index is 1.35. The van der Waals surface area contributed by atoms with Gasteiger partial charge in [-0.15, -0.1) is 0 Å². The number of benzene rings is 1. The highest BCUT2D eigenvalue weighted by Crippen LogP contribution is 2.29. The fraction of sp³-hybridized carbons (Fsp3) is 0.500. The Bertz CT molecular complexity index is 957. The van der Waals surface area contributed by atoms with Crippen LogP contribution in [0, 0.1) is 19.8 Å². The Morgan fingerprint density at radius 2 is 1.97 bits per heavy atom. The lowest BCUT2D eigenvalue weighted by Crippen LogP contribution is -2.30. The predicted octanol–water partition coefficient (Wildman–Crippen LogP) is 5.13. The highest BCUT2D eigenvalue weighted by molar-refractivity contribution is 5.82. The SMILES string of the molecule is Cc1c(-c2nc3c(C)cccc3[nH]2)ccnc1OCCCCC1CCN(C)CC1. The Morgan fingerprint density at radius 1 is 1.14 bits per heavy atom. The van der Waals surface area contributed by atoms with E-state index < -0.39 is 0 Å². The van der Waals surface area contributed by atoms with Gasteiger partial charge in [0.25, 0.3) is 0 Å². The highest BCUT2D eigenvalue weighted by atomic mass is 16.5. The van der Waals surface area contributed by atoms with Crippen LogP contribution in [0.1, 0.15) is 43.2 Å². The van der Waals surface area contributed by atoms with E-state index in [0.717, 1.165) is 52.8 Å². The molecule has 29 heavy (non-hydrogen) atoms. The Labute approximate surface area is 173 Å². The molecule has 1 aliphatic rings. The monoisotopic (exact) mass is 392 g/mol. The van der Waals surface area contributed by atoms with Crippen molar-refractivity contribution in [3.05, 3.63) is 41.6 Å². The van der Waals surface area contributed by atoms with Crippen molar-refractivity contribution in [3.8, 4) is 17.3 Å². The zero-order chi connectivity index (χ0) is 20.2. The summed E-state index contributed by atoms with van der Waals surface area (Å²) in [5, 5.41) is 0. The summed E-state index contributed by atoms with van der Waals surface area (Å²) < 4.78 is 6.04. The van der Waals surface area contributed by atoms with Gasteiger partial charge in [-0.05, 0) is 83.3 Å². The summed E-state index contributed by atoms with van der Waals surface area (Å²) in [5.41, 5.74) is 5.36. The molecule has 5 heteroatoms. The normalized spacial score (nSPS) is 15.8. The summed E-state index contributed by atoms with van der Waals surface area (Å²) >= 11 is 0. The van der Waals surface area contributed by atoms with E-state index in [1.165, 1.54) is 44.3 Å². The molecule has 1 saturated heterocycles. The van der Waals surface area contributed by atoms with Crippen LogP contribution in [0.4, 0.5) is 0 Å². The van der Waals surface area contributed by atoms with E-state index in [-0.39, 0.29) is 0 Å². The molecule has 0 atom stereocenters. The minimum atomic E-state index is 0.721. The number of aromatic amines is 1. The van der Waals surface area contributed by atoms with Crippen LogP contribution in [0.15, 0.2) is 30.5 Å². The first-order valence-electron chi connectivity index (χ1n) is 10.8. The number of unbranched alkanes of at least 4 members (excludes halogenated alkanes) is 1. The predicted molar refractivity (Wildman–Crippen MR) is 118 cm³/mol. The zero-order valence-electron chi connectivity index (χ0n) is 17.9. The number of nitrogens with one attached hydrogen (secondary N) is 1. The molecule has 0 amide bonds. The number of likely N-dealkylation sites (tertiary alicyclic amines) is 1. The molecule has 1 N–H and O–H groups in total. The van der Waals surface area contributed by atoms with E-state index in [2.05, 4.69) is 54.0 Å². The smallest absolute Gasteiger partial charge is 0.216 e. The lowest BCUT2D eigenvalue weighted by molar-refractivity contribution is 0.205. The first kappa shape index (κ1) is 19.9. The molecule has 1 aliphatic heterocycles. The Morgan fingerprint density at radius 3 is 2.76 bits per heavy atom. The number of pyridine rings is 1. The second-order valence-corrected chi connectivity index (χ2v) is 8.44. The van der Waals surface area contributed by atoms with Gasteiger partial charge < -0.3 is 14.6 Å². The molecule has 2 aromatic heterocycles. The van der Waals surface area contributed by atoms with Gasteiger partial charge in [0, 0.05) is 17.3 Å². The largest absolute Gasteiger partial charge is 0.477 e. The van der Waals surface area contributed by atoms with Crippen molar-refractivity contribution in [1.82, 2.24) is 19.9 Å². The molecule has 3 aromatic rings. The number of fused-ring (bicyclic) bond motifs is 1. The number of rotatable bonds is 7. The quantitative estimate of drug-likeness (QED) is 0.566. The summed E-state index contributed by atoms with van der Waals surface area (Å²) in [5.74, 6) is 2.49. The number of para-hydroxylation sites is 1. The number of hydrogen-bond donors (Lipinski definition) is 1. The molecule has 0 spiro atoms. The average molecular weight is 393 g/mol. The van der Waals surface area contributed by atoms with Crippen LogP contribution in [0.5, 0.6) is 5.88 Å². The van der Waals surface area contributed by atoms with Gasteiger partial charge in [-0.25, -0.2) is 9.97 Å².